The van der Waals surface area contributed by atoms with E-state index in [1.807, 2.05) is 20.8 Å². The zero-order chi connectivity index (χ0) is 16.8. The highest BCUT2D eigenvalue weighted by Gasteiger charge is 2.15. The molecule has 1 aromatic rings. The summed E-state index contributed by atoms with van der Waals surface area (Å²) in [5, 5.41) is 2.72. The minimum absolute atomic E-state index is 0.0587. The van der Waals surface area contributed by atoms with E-state index in [0.29, 0.717) is 11.5 Å². The topological polar surface area (TPSA) is 73.9 Å². The smallest absolute Gasteiger partial charge is 0.310 e. The predicted octanol–water partition coefficient (Wildman–Crippen LogP) is 1.70. The van der Waals surface area contributed by atoms with Crippen molar-refractivity contribution in [1.82, 2.24) is 5.32 Å². The molecular formula is C16H23NO5. The van der Waals surface area contributed by atoms with Gasteiger partial charge in [0.25, 0.3) is 5.91 Å². The molecule has 1 rings (SSSR count). The fraction of sp³-hybridized carbons (Fsp3) is 0.500. The number of benzene rings is 1. The average Bonchev–Trinajstić information content (AvgIpc) is 2.43. The van der Waals surface area contributed by atoms with Gasteiger partial charge in [0.15, 0.2) is 18.1 Å². The van der Waals surface area contributed by atoms with Crippen LogP contribution in [0.25, 0.3) is 0 Å². The maximum atomic E-state index is 11.8. The summed E-state index contributed by atoms with van der Waals surface area (Å²) in [6.45, 7) is 5.28. The number of carbonyl (C=O) groups excluding carboxylic acids is 2. The first kappa shape index (κ1) is 17.8. The molecule has 122 valence electrons. The summed E-state index contributed by atoms with van der Waals surface area (Å²) in [6, 6.07) is 5.17. The predicted molar refractivity (Wildman–Crippen MR) is 82.1 cm³/mol. The number of nitrogens with one attached hydrogen (secondary N) is 1. The first-order valence-corrected chi connectivity index (χ1v) is 6.92. The third-order valence-electron chi connectivity index (χ3n) is 2.68. The molecule has 1 aromatic carbocycles. The molecule has 1 amide bonds. The van der Waals surface area contributed by atoms with Crippen LogP contribution < -0.4 is 14.8 Å². The van der Waals surface area contributed by atoms with Crippen LogP contribution in [0.15, 0.2) is 18.2 Å². The van der Waals surface area contributed by atoms with Gasteiger partial charge in [-0.2, -0.15) is 0 Å². The Labute approximate surface area is 130 Å². The van der Waals surface area contributed by atoms with Gasteiger partial charge in [0, 0.05) is 5.54 Å². The Morgan fingerprint density at radius 1 is 1.09 bits per heavy atom. The second-order valence-corrected chi connectivity index (χ2v) is 5.82. The fourth-order valence-corrected chi connectivity index (χ4v) is 1.81. The van der Waals surface area contributed by atoms with Crippen molar-refractivity contribution >= 4 is 11.9 Å². The third kappa shape index (κ3) is 6.03. The fourth-order valence-electron chi connectivity index (χ4n) is 1.81. The van der Waals surface area contributed by atoms with E-state index >= 15 is 0 Å². The maximum absolute atomic E-state index is 11.8. The van der Waals surface area contributed by atoms with E-state index in [1.54, 1.807) is 25.3 Å². The van der Waals surface area contributed by atoms with Gasteiger partial charge >= 0.3 is 5.97 Å². The maximum Gasteiger partial charge on any atom is 0.310 e. The molecule has 0 aromatic heterocycles. The zero-order valence-corrected chi connectivity index (χ0v) is 13.7. The minimum atomic E-state index is -0.476. The van der Waals surface area contributed by atoms with Crippen molar-refractivity contribution in [3.63, 3.8) is 0 Å². The van der Waals surface area contributed by atoms with E-state index in [9.17, 15) is 9.59 Å². The number of rotatable bonds is 6. The molecule has 0 heterocycles. The van der Waals surface area contributed by atoms with E-state index in [0.717, 1.165) is 5.56 Å². The molecule has 0 bridgehead atoms. The number of esters is 1. The minimum Gasteiger partial charge on any atom is -0.493 e. The van der Waals surface area contributed by atoms with Crippen LogP contribution in [-0.2, 0) is 20.7 Å². The molecule has 0 spiro atoms. The Kier molecular flexibility index (Phi) is 6.22. The van der Waals surface area contributed by atoms with E-state index < -0.39 is 5.97 Å². The van der Waals surface area contributed by atoms with Crippen molar-refractivity contribution in [3.8, 4) is 11.5 Å². The Morgan fingerprint density at radius 2 is 1.73 bits per heavy atom. The number of carbonyl (C=O) groups is 2. The molecule has 0 radical (unpaired) electrons. The molecule has 0 aliphatic rings. The quantitative estimate of drug-likeness (QED) is 0.810. The second-order valence-electron chi connectivity index (χ2n) is 5.82. The van der Waals surface area contributed by atoms with Crippen LogP contribution in [-0.4, -0.2) is 38.2 Å². The summed E-state index contributed by atoms with van der Waals surface area (Å²) >= 11 is 0. The molecule has 1 N–H and O–H groups in total. The molecule has 6 heteroatoms. The molecular weight excluding hydrogens is 286 g/mol. The standard InChI is InChI=1S/C16H23NO5/c1-16(2,3)17-14(18)10-22-15(19)9-11-6-7-12(20-4)13(8-11)21-5/h6-8H,9-10H2,1-5H3,(H,17,18). The largest absolute Gasteiger partial charge is 0.493 e. The van der Waals surface area contributed by atoms with Gasteiger partial charge in [0.2, 0.25) is 0 Å². The number of ether oxygens (including phenoxy) is 3. The van der Waals surface area contributed by atoms with Crippen molar-refractivity contribution in [2.45, 2.75) is 32.7 Å². The summed E-state index contributed by atoms with van der Waals surface area (Å²) in [6.07, 6.45) is 0.0587. The lowest BCUT2D eigenvalue weighted by Crippen LogP contribution is -2.42. The van der Waals surface area contributed by atoms with Gasteiger partial charge in [-0.15, -0.1) is 0 Å². The summed E-state index contributed by atoms with van der Waals surface area (Å²) in [7, 11) is 3.07. The van der Waals surface area contributed by atoms with E-state index in [4.69, 9.17) is 14.2 Å². The Balaban J connectivity index is 2.53. The Hall–Kier alpha value is -2.24. The van der Waals surface area contributed by atoms with Crippen LogP contribution in [0, 0.1) is 0 Å². The summed E-state index contributed by atoms with van der Waals surface area (Å²) in [5.74, 6) is 0.326. The van der Waals surface area contributed by atoms with Gasteiger partial charge in [-0.25, -0.2) is 0 Å². The molecule has 0 unspecified atom stereocenters. The van der Waals surface area contributed by atoms with Crippen LogP contribution >= 0.6 is 0 Å². The van der Waals surface area contributed by atoms with Crippen molar-refractivity contribution in [2.75, 3.05) is 20.8 Å². The van der Waals surface area contributed by atoms with Crippen molar-refractivity contribution < 1.29 is 23.8 Å². The third-order valence-corrected chi connectivity index (χ3v) is 2.68. The highest BCUT2D eigenvalue weighted by molar-refractivity contribution is 5.81. The molecule has 0 aliphatic carbocycles. The zero-order valence-electron chi connectivity index (χ0n) is 13.7. The van der Waals surface area contributed by atoms with Gasteiger partial charge in [-0.1, -0.05) is 6.07 Å². The van der Waals surface area contributed by atoms with Gasteiger partial charge in [-0.3, -0.25) is 9.59 Å². The number of methoxy groups -OCH3 is 2. The van der Waals surface area contributed by atoms with Crippen LogP contribution in [0.1, 0.15) is 26.3 Å². The molecule has 0 saturated heterocycles. The van der Waals surface area contributed by atoms with Crippen LogP contribution in [0.5, 0.6) is 11.5 Å². The lowest BCUT2D eigenvalue weighted by atomic mass is 10.1. The van der Waals surface area contributed by atoms with E-state index in [1.165, 1.54) is 7.11 Å². The molecule has 0 aliphatic heterocycles. The Bertz CT molecular complexity index is 534. The molecule has 6 nitrogen and oxygen atoms in total. The van der Waals surface area contributed by atoms with Crippen molar-refractivity contribution in [2.24, 2.45) is 0 Å². The molecule has 0 fully saturated rings. The first-order valence-electron chi connectivity index (χ1n) is 6.92. The molecule has 0 atom stereocenters. The first-order chi connectivity index (χ1) is 10.2. The summed E-state index contributed by atoms with van der Waals surface area (Å²) in [4.78, 5) is 23.3. The normalized spacial score (nSPS) is 10.8. The van der Waals surface area contributed by atoms with Gasteiger partial charge < -0.3 is 19.5 Å². The summed E-state index contributed by atoms with van der Waals surface area (Å²) in [5.41, 5.74) is 0.367. The lowest BCUT2D eigenvalue weighted by molar-refractivity contribution is -0.148. The van der Waals surface area contributed by atoms with Crippen LogP contribution in [0.3, 0.4) is 0 Å². The monoisotopic (exact) mass is 309 g/mol. The number of amides is 1. The average molecular weight is 309 g/mol. The van der Waals surface area contributed by atoms with Gasteiger partial charge in [0.1, 0.15) is 0 Å². The van der Waals surface area contributed by atoms with Gasteiger partial charge in [-0.05, 0) is 38.5 Å². The Morgan fingerprint density at radius 3 is 2.27 bits per heavy atom. The van der Waals surface area contributed by atoms with E-state index in [-0.39, 0.29) is 24.5 Å². The SMILES string of the molecule is COc1ccc(CC(=O)OCC(=O)NC(C)(C)C)cc1OC. The number of hydrogen-bond donors (Lipinski definition) is 1. The highest BCUT2D eigenvalue weighted by Crippen LogP contribution is 2.27. The van der Waals surface area contributed by atoms with Crippen LogP contribution in [0.2, 0.25) is 0 Å². The van der Waals surface area contributed by atoms with Gasteiger partial charge in [0.05, 0.1) is 20.6 Å². The van der Waals surface area contributed by atoms with Crippen molar-refractivity contribution in [1.29, 1.82) is 0 Å². The molecule has 0 saturated carbocycles. The van der Waals surface area contributed by atoms with Crippen molar-refractivity contribution in [3.05, 3.63) is 23.8 Å². The van der Waals surface area contributed by atoms with Crippen LogP contribution in [0.4, 0.5) is 0 Å². The highest BCUT2D eigenvalue weighted by atomic mass is 16.5. The second kappa shape index (κ2) is 7.68. The lowest BCUT2D eigenvalue weighted by Gasteiger charge is -2.20. The van der Waals surface area contributed by atoms with E-state index in [2.05, 4.69) is 5.32 Å². The summed E-state index contributed by atoms with van der Waals surface area (Å²) < 4.78 is 15.3. The number of hydrogen-bond acceptors (Lipinski definition) is 5. The molecule has 22 heavy (non-hydrogen) atoms.